The van der Waals surface area contributed by atoms with Crippen LogP contribution in [0.4, 0.5) is 4.79 Å². The minimum Gasteiger partial charge on any atom is -0.383 e. The molecule has 2 N–H and O–H groups in total. The molecule has 0 radical (unpaired) electrons. The van der Waals surface area contributed by atoms with Gasteiger partial charge in [0.2, 0.25) is 5.91 Å². The molecule has 0 bridgehead atoms. The number of piperidine rings is 1. The van der Waals surface area contributed by atoms with Crippen LogP contribution in [0.15, 0.2) is 0 Å². The third-order valence-corrected chi connectivity index (χ3v) is 3.33. The van der Waals surface area contributed by atoms with Crippen molar-refractivity contribution in [2.45, 2.75) is 26.2 Å². The zero-order chi connectivity index (χ0) is 14.1. The van der Waals surface area contributed by atoms with Gasteiger partial charge in [0.15, 0.2) is 0 Å². The van der Waals surface area contributed by atoms with Gasteiger partial charge >= 0.3 is 6.03 Å². The zero-order valence-electron chi connectivity index (χ0n) is 11.9. The summed E-state index contributed by atoms with van der Waals surface area (Å²) in [5.41, 5.74) is 0. The maximum Gasteiger partial charge on any atom is 0.317 e. The zero-order valence-corrected chi connectivity index (χ0v) is 11.9. The lowest BCUT2D eigenvalue weighted by atomic mass is 10.00. The summed E-state index contributed by atoms with van der Waals surface area (Å²) in [5, 5.41) is 5.50. The summed E-state index contributed by atoms with van der Waals surface area (Å²) < 4.78 is 4.83. The molecule has 0 aromatic heterocycles. The number of rotatable bonds is 6. The molecule has 0 aromatic carbocycles. The molecule has 0 aliphatic carbocycles. The van der Waals surface area contributed by atoms with E-state index in [1.807, 2.05) is 4.90 Å². The normalized spacial score (nSPS) is 16.2. The smallest absolute Gasteiger partial charge is 0.317 e. The third-order valence-electron chi connectivity index (χ3n) is 3.33. The summed E-state index contributed by atoms with van der Waals surface area (Å²) in [5.74, 6) is 0.639. The van der Waals surface area contributed by atoms with E-state index in [9.17, 15) is 9.59 Å². The van der Waals surface area contributed by atoms with E-state index < -0.39 is 0 Å². The first-order valence-electron chi connectivity index (χ1n) is 6.92. The minimum absolute atomic E-state index is 0.0587. The number of nitrogens with zero attached hydrogens (tertiary/aromatic N) is 1. The SMILES string of the molecule is COCCNC(=O)CCNC(=O)N1CCC(C)CC1. The van der Waals surface area contributed by atoms with Crippen molar-refractivity contribution in [3.63, 3.8) is 0 Å². The first-order chi connectivity index (χ1) is 9.13. The molecule has 1 aliphatic heterocycles. The summed E-state index contributed by atoms with van der Waals surface area (Å²) in [6, 6.07) is -0.0587. The highest BCUT2D eigenvalue weighted by atomic mass is 16.5. The number of urea groups is 1. The predicted molar refractivity (Wildman–Crippen MR) is 72.9 cm³/mol. The van der Waals surface area contributed by atoms with Gasteiger partial charge in [-0.3, -0.25) is 4.79 Å². The number of likely N-dealkylation sites (tertiary alicyclic amines) is 1. The van der Waals surface area contributed by atoms with Crippen molar-refractivity contribution in [3.05, 3.63) is 0 Å². The number of nitrogens with one attached hydrogen (secondary N) is 2. The predicted octanol–water partition coefficient (Wildman–Crippen LogP) is 0.581. The van der Waals surface area contributed by atoms with E-state index in [1.165, 1.54) is 0 Å². The maximum atomic E-state index is 11.8. The van der Waals surface area contributed by atoms with Crippen molar-refractivity contribution >= 4 is 11.9 Å². The molecule has 0 atom stereocenters. The highest BCUT2D eigenvalue weighted by Gasteiger charge is 2.19. The van der Waals surface area contributed by atoms with Crippen LogP contribution >= 0.6 is 0 Å². The van der Waals surface area contributed by atoms with Gasteiger partial charge in [0, 0.05) is 39.7 Å². The molecule has 0 spiro atoms. The van der Waals surface area contributed by atoms with Crippen LogP contribution in [0.1, 0.15) is 26.2 Å². The lowest BCUT2D eigenvalue weighted by Crippen LogP contribution is -2.45. The van der Waals surface area contributed by atoms with Crippen molar-refractivity contribution in [3.8, 4) is 0 Å². The van der Waals surface area contributed by atoms with Gasteiger partial charge < -0.3 is 20.3 Å². The number of ether oxygens (including phenoxy) is 1. The van der Waals surface area contributed by atoms with E-state index in [0.29, 0.717) is 32.0 Å². The van der Waals surface area contributed by atoms with Crippen LogP contribution in [-0.2, 0) is 9.53 Å². The van der Waals surface area contributed by atoms with Gasteiger partial charge in [-0.05, 0) is 18.8 Å². The Morgan fingerprint density at radius 2 is 1.89 bits per heavy atom. The molecule has 1 aliphatic rings. The average Bonchev–Trinajstić information content (AvgIpc) is 2.39. The van der Waals surface area contributed by atoms with E-state index >= 15 is 0 Å². The second-order valence-electron chi connectivity index (χ2n) is 4.99. The first kappa shape index (κ1) is 15.8. The number of amides is 3. The molecule has 19 heavy (non-hydrogen) atoms. The maximum absolute atomic E-state index is 11.8. The van der Waals surface area contributed by atoms with E-state index in [2.05, 4.69) is 17.6 Å². The molecular formula is C13H25N3O3. The van der Waals surface area contributed by atoms with Gasteiger partial charge in [0.1, 0.15) is 0 Å². The van der Waals surface area contributed by atoms with Gasteiger partial charge in [-0.15, -0.1) is 0 Å². The highest BCUT2D eigenvalue weighted by Crippen LogP contribution is 2.15. The molecule has 1 heterocycles. The minimum atomic E-state index is -0.0652. The Morgan fingerprint density at radius 3 is 2.53 bits per heavy atom. The van der Waals surface area contributed by atoms with Gasteiger partial charge in [0.25, 0.3) is 0 Å². The van der Waals surface area contributed by atoms with E-state index in [4.69, 9.17) is 4.74 Å². The number of hydrogen-bond donors (Lipinski definition) is 2. The monoisotopic (exact) mass is 271 g/mol. The fourth-order valence-electron chi connectivity index (χ4n) is 1.99. The van der Waals surface area contributed by atoms with E-state index in [1.54, 1.807) is 7.11 Å². The third kappa shape index (κ3) is 6.42. The quantitative estimate of drug-likeness (QED) is 0.694. The molecule has 0 saturated carbocycles. The number of carbonyl (C=O) groups is 2. The van der Waals surface area contributed by atoms with Crippen LogP contribution in [-0.4, -0.2) is 56.7 Å². The summed E-state index contributed by atoms with van der Waals surface area (Å²) in [7, 11) is 1.59. The van der Waals surface area contributed by atoms with E-state index in [-0.39, 0.29) is 11.9 Å². The van der Waals surface area contributed by atoms with Gasteiger partial charge in [-0.25, -0.2) is 4.79 Å². The summed E-state index contributed by atoms with van der Waals surface area (Å²) in [4.78, 5) is 25.0. The highest BCUT2D eigenvalue weighted by molar-refractivity contribution is 5.78. The van der Waals surface area contributed by atoms with Crippen LogP contribution in [0.25, 0.3) is 0 Å². The number of carbonyl (C=O) groups excluding carboxylic acids is 2. The average molecular weight is 271 g/mol. The number of hydrogen-bond acceptors (Lipinski definition) is 3. The van der Waals surface area contributed by atoms with Crippen LogP contribution in [0, 0.1) is 5.92 Å². The molecule has 110 valence electrons. The Labute approximate surface area is 114 Å². The summed E-state index contributed by atoms with van der Waals surface area (Å²) >= 11 is 0. The van der Waals surface area contributed by atoms with Crippen molar-refractivity contribution in [2.24, 2.45) is 5.92 Å². The van der Waals surface area contributed by atoms with Crippen LogP contribution in [0.2, 0.25) is 0 Å². The van der Waals surface area contributed by atoms with Gasteiger partial charge in [-0.1, -0.05) is 6.92 Å². The molecular weight excluding hydrogens is 246 g/mol. The Hall–Kier alpha value is -1.30. The largest absolute Gasteiger partial charge is 0.383 e. The van der Waals surface area contributed by atoms with Crippen LogP contribution < -0.4 is 10.6 Å². The van der Waals surface area contributed by atoms with Crippen LogP contribution in [0.5, 0.6) is 0 Å². The molecule has 1 rings (SSSR count). The topological polar surface area (TPSA) is 70.7 Å². The summed E-state index contributed by atoms with van der Waals surface area (Å²) in [6.07, 6.45) is 2.43. The lowest BCUT2D eigenvalue weighted by Gasteiger charge is -2.30. The molecule has 0 unspecified atom stereocenters. The summed E-state index contributed by atoms with van der Waals surface area (Å²) in [6.45, 7) is 5.22. The second kappa shape index (κ2) is 8.74. The van der Waals surface area contributed by atoms with Crippen LogP contribution in [0.3, 0.4) is 0 Å². The number of methoxy groups -OCH3 is 1. The Balaban J connectivity index is 2.08. The van der Waals surface area contributed by atoms with Crippen molar-refractivity contribution in [1.82, 2.24) is 15.5 Å². The Morgan fingerprint density at radius 1 is 1.21 bits per heavy atom. The molecule has 1 fully saturated rings. The second-order valence-corrected chi connectivity index (χ2v) is 4.99. The Bertz CT molecular complexity index is 289. The first-order valence-corrected chi connectivity index (χ1v) is 6.92. The fraction of sp³-hybridized carbons (Fsp3) is 0.846. The van der Waals surface area contributed by atoms with E-state index in [0.717, 1.165) is 25.9 Å². The Kier molecular flexibility index (Phi) is 7.25. The van der Waals surface area contributed by atoms with Gasteiger partial charge in [-0.2, -0.15) is 0 Å². The fourth-order valence-corrected chi connectivity index (χ4v) is 1.99. The molecule has 1 saturated heterocycles. The van der Waals surface area contributed by atoms with Crippen molar-refractivity contribution < 1.29 is 14.3 Å². The lowest BCUT2D eigenvalue weighted by molar-refractivity contribution is -0.121. The molecule has 6 heteroatoms. The molecule has 0 aromatic rings. The molecule has 3 amide bonds. The van der Waals surface area contributed by atoms with Gasteiger partial charge in [0.05, 0.1) is 6.61 Å². The van der Waals surface area contributed by atoms with Crippen molar-refractivity contribution in [2.75, 3.05) is 39.9 Å². The standard InChI is InChI=1S/C13H25N3O3/c1-11-4-8-16(9-5-11)13(18)15-6-3-12(17)14-7-10-19-2/h11H,3-10H2,1-2H3,(H,14,17)(H,15,18). The van der Waals surface area contributed by atoms with Crippen molar-refractivity contribution in [1.29, 1.82) is 0 Å². The molecule has 6 nitrogen and oxygen atoms in total.